The fourth-order valence-corrected chi connectivity index (χ4v) is 3.11. The van der Waals surface area contributed by atoms with E-state index in [1.165, 1.54) is 25.7 Å². The topological polar surface area (TPSA) is 42.5 Å². The Kier molecular flexibility index (Phi) is 6.12. The van der Waals surface area contributed by atoms with Gasteiger partial charge in [-0.3, -0.25) is 0 Å². The van der Waals surface area contributed by atoms with Crippen molar-refractivity contribution < 1.29 is 9.47 Å². The third-order valence-electron chi connectivity index (χ3n) is 4.33. The Bertz CT molecular complexity index is 680. The largest absolute Gasteiger partial charge is 0.497 e. The summed E-state index contributed by atoms with van der Waals surface area (Å²) in [5, 5.41) is 7.00. The van der Waals surface area contributed by atoms with Gasteiger partial charge in [0.15, 0.2) is 5.11 Å². The fourth-order valence-electron chi connectivity index (χ4n) is 2.92. The van der Waals surface area contributed by atoms with Gasteiger partial charge in [-0.25, -0.2) is 0 Å². The van der Waals surface area contributed by atoms with Crippen molar-refractivity contribution in [1.82, 2.24) is 5.32 Å². The lowest BCUT2D eigenvalue weighted by molar-refractivity contribution is 0.210. The predicted octanol–water partition coefficient (Wildman–Crippen LogP) is 4.50. The van der Waals surface area contributed by atoms with E-state index in [9.17, 15) is 0 Å². The standard InChI is InChI=1S/C20H24N2O2S/c1-23-17-10-6-15(7-11-17)14-21-20(25)22-16-8-12-19(13-9-16)24-18-4-2-3-5-18/h6-13,18H,2-5,14H2,1H3,(H2,21,22,25). The van der Waals surface area contributed by atoms with Crippen LogP contribution < -0.4 is 20.1 Å². The summed E-state index contributed by atoms with van der Waals surface area (Å²) < 4.78 is 11.1. The lowest BCUT2D eigenvalue weighted by Crippen LogP contribution is -2.27. The molecule has 132 valence electrons. The number of ether oxygens (including phenoxy) is 2. The second-order valence-corrected chi connectivity index (χ2v) is 6.61. The van der Waals surface area contributed by atoms with Crippen LogP contribution in [0.1, 0.15) is 31.2 Å². The van der Waals surface area contributed by atoms with Crippen molar-refractivity contribution in [3.8, 4) is 11.5 Å². The van der Waals surface area contributed by atoms with E-state index in [1.54, 1.807) is 7.11 Å². The second-order valence-electron chi connectivity index (χ2n) is 6.20. The van der Waals surface area contributed by atoms with Gasteiger partial charge in [-0.1, -0.05) is 12.1 Å². The number of nitrogens with one attached hydrogen (secondary N) is 2. The zero-order valence-electron chi connectivity index (χ0n) is 14.5. The van der Waals surface area contributed by atoms with Crippen LogP contribution in [-0.2, 0) is 6.54 Å². The molecule has 0 amide bonds. The van der Waals surface area contributed by atoms with E-state index in [2.05, 4.69) is 10.6 Å². The molecule has 0 bridgehead atoms. The Labute approximate surface area is 154 Å². The summed E-state index contributed by atoms with van der Waals surface area (Å²) in [5.74, 6) is 1.78. The number of hydrogen-bond acceptors (Lipinski definition) is 3. The van der Waals surface area contributed by atoms with Gasteiger partial charge in [0.2, 0.25) is 0 Å². The van der Waals surface area contributed by atoms with Gasteiger partial charge >= 0.3 is 0 Å². The zero-order valence-corrected chi connectivity index (χ0v) is 15.3. The summed E-state index contributed by atoms with van der Waals surface area (Å²) in [5.41, 5.74) is 2.09. The molecule has 0 spiro atoms. The van der Waals surface area contributed by atoms with Gasteiger partial charge in [-0.15, -0.1) is 0 Å². The molecule has 0 heterocycles. The number of benzene rings is 2. The molecule has 2 N–H and O–H groups in total. The first kappa shape index (κ1) is 17.5. The summed E-state index contributed by atoms with van der Waals surface area (Å²) in [7, 11) is 1.66. The molecular weight excluding hydrogens is 332 g/mol. The highest BCUT2D eigenvalue weighted by Gasteiger charge is 2.16. The molecule has 0 atom stereocenters. The summed E-state index contributed by atoms with van der Waals surface area (Å²) in [6, 6.07) is 15.9. The van der Waals surface area contributed by atoms with Crippen molar-refractivity contribution in [3.63, 3.8) is 0 Å². The van der Waals surface area contributed by atoms with Crippen LogP contribution in [0.4, 0.5) is 5.69 Å². The second kappa shape index (κ2) is 8.72. The average Bonchev–Trinajstić information content (AvgIpc) is 3.15. The summed E-state index contributed by atoms with van der Waals surface area (Å²) in [4.78, 5) is 0. The van der Waals surface area contributed by atoms with Crippen LogP contribution in [0.25, 0.3) is 0 Å². The van der Waals surface area contributed by atoms with Crippen LogP contribution in [-0.4, -0.2) is 18.3 Å². The Hall–Kier alpha value is -2.27. The molecule has 4 nitrogen and oxygen atoms in total. The lowest BCUT2D eigenvalue weighted by atomic mass is 10.2. The van der Waals surface area contributed by atoms with E-state index in [-0.39, 0.29) is 0 Å². The molecule has 0 aliphatic heterocycles. The van der Waals surface area contributed by atoms with Gasteiger partial charge in [0.05, 0.1) is 13.2 Å². The Morgan fingerprint density at radius 1 is 1.00 bits per heavy atom. The molecule has 0 aromatic heterocycles. The first-order chi connectivity index (χ1) is 12.2. The molecule has 0 saturated heterocycles. The normalized spacial score (nSPS) is 14.1. The molecular formula is C20H24N2O2S. The highest BCUT2D eigenvalue weighted by Crippen LogP contribution is 2.25. The van der Waals surface area contributed by atoms with Crippen molar-refractivity contribution in [2.24, 2.45) is 0 Å². The maximum atomic E-state index is 5.97. The number of hydrogen-bond donors (Lipinski definition) is 2. The van der Waals surface area contributed by atoms with Gasteiger partial charge in [0.25, 0.3) is 0 Å². The van der Waals surface area contributed by atoms with Crippen molar-refractivity contribution in [1.29, 1.82) is 0 Å². The van der Waals surface area contributed by atoms with Crippen LogP contribution in [0.3, 0.4) is 0 Å². The number of anilines is 1. The highest BCUT2D eigenvalue weighted by atomic mass is 32.1. The number of methoxy groups -OCH3 is 1. The fraction of sp³-hybridized carbons (Fsp3) is 0.350. The summed E-state index contributed by atoms with van der Waals surface area (Å²) >= 11 is 5.35. The Morgan fingerprint density at radius 3 is 2.28 bits per heavy atom. The summed E-state index contributed by atoms with van der Waals surface area (Å²) in [6.45, 7) is 0.665. The van der Waals surface area contributed by atoms with E-state index in [0.717, 1.165) is 22.7 Å². The number of rotatable bonds is 6. The van der Waals surface area contributed by atoms with Crippen molar-refractivity contribution in [2.45, 2.75) is 38.3 Å². The quantitative estimate of drug-likeness (QED) is 0.746. The lowest BCUT2D eigenvalue weighted by Gasteiger charge is -2.14. The molecule has 25 heavy (non-hydrogen) atoms. The maximum Gasteiger partial charge on any atom is 0.171 e. The maximum absolute atomic E-state index is 5.97. The highest BCUT2D eigenvalue weighted by molar-refractivity contribution is 7.80. The summed E-state index contributed by atoms with van der Waals surface area (Å²) in [6.07, 6.45) is 5.27. The molecule has 0 radical (unpaired) electrons. The molecule has 0 unspecified atom stereocenters. The monoisotopic (exact) mass is 356 g/mol. The van der Waals surface area contributed by atoms with Crippen LogP contribution in [0.15, 0.2) is 48.5 Å². The van der Waals surface area contributed by atoms with Gasteiger partial charge in [0, 0.05) is 12.2 Å². The zero-order chi connectivity index (χ0) is 17.5. The SMILES string of the molecule is COc1ccc(CNC(=S)Nc2ccc(OC3CCCC3)cc2)cc1. The van der Waals surface area contributed by atoms with Gasteiger partial charge in [-0.2, -0.15) is 0 Å². The van der Waals surface area contributed by atoms with Crippen LogP contribution in [0.5, 0.6) is 11.5 Å². The van der Waals surface area contributed by atoms with Gasteiger partial charge < -0.3 is 20.1 Å². The smallest absolute Gasteiger partial charge is 0.171 e. The minimum Gasteiger partial charge on any atom is -0.497 e. The molecule has 1 fully saturated rings. The Balaban J connectivity index is 1.45. The predicted molar refractivity (Wildman–Crippen MR) is 105 cm³/mol. The minimum absolute atomic E-state index is 0.381. The van der Waals surface area contributed by atoms with Crippen molar-refractivity contribution >= 4 is 23.0 Å². The van der Waals surface area contributed by atoms with Crippen LogP contribution >= 0.6 is 12.2 Å². The molecule has 1 aliphatic carbocycles. The number of thiocarbonyl (C=S) groups is 1. The first-order valence-electron chi connectivity index (χ1n) is 8.67. The van der Waals surface area contributed by atoms with Gasteiger partial charge in [-0.05, 0) is 79.9 Å². The first-order valence-corrected chi connectivity index (χ1v) is 9.08. The van der Waals surface area contributed by atoms with E-state index < -0.39 is 0 Å². The van der Waals surface area contributed by atoms with E-state index in [1.807, 2.05) is 48.5 Å². The molecule has 2 aromatic carbocycles. The third kappa shape index (κ3) is 5.36. The van der Waals surface area contributed by atoms with Crippen molar-refractivity contribution in [3.05, 3.63) is 54.1 Å². The van der Waals surface area contributed by atoms with Crippen molar-refractivity contribution in [2.75, 3.05) is 12.4 Å². The third-order valence-corrected chi connectivity index (χ3v) is 4.58. The van der Waals surface area contributed by atoms with Crippen LogP contribution in [0, 0.1) is 0 Å². The average molecular weight is 356 g/mol. The van der Waals surface area contributed by atoms with E-state index in [0.29, 0.717) is 17.8 Å². The molecule has 2 aromatic rings. The molecule has 1 saturated carbocycles. The van der Waals surface area contributed by atoms with Crippen LogP contribution in [0.2, 0.25) is 0 Å². The van der Waals surface area contributed by atoms with E-state index in [4.69, 9.17) is 21.7 Å². The minimum atomic E-state index is 0.381. The molecule has 1 aliphatic rings. The molecule has 3 rings (SSSR count). The Morgan fingerprint density at radius 2 is 1.64 bits per heavy atom. The molecule has 5 heteroatoms. The van der Waals surface area contributed by atoms with Gasteiger partial charge in [0.1, 0.15) is 11.5 Å². The van der Waals surface area contributed by atoms with E-state index >= 15 is 0 Å².